The van der Waals surface area contributed by atoms with Crippen LogP contribution in [-0.4, -0.2) is 34.3 Å². The van der Waals surface area contributed by atoms with Gasteiger partial charge in [0.25, 0.3) is 0 Å². The number of hydrogen-bond acceptors (Lipinski definition) is 3. The van der Waals surface area contributed by atoms with Crippen LogP contribution in [0.1, 0.15) is 50.8 Å². The maximum absolute atomic E-state index is 12.2. The van der Waals surface area contributed by atoms with Crippen molar-refractivity contribution in [3.05, 3.63) is 35.4 Å². The molecular formula is C17H25NO3. The minimum atomic E-state index is -0.810. The molecule has 2 rings (SSSR count). The number of nitrogens with zero attached hydrogens (tertiary/aromatic N) is 1. The van der Waals surface area contributed by atoms with Gasteiger partial charge in [-0.3, -0.25) is 0 Å². The molecule has 1 amide bonds. The van der Waals surface area contributed by atoms with Crippen molar-refractivity contribution in [3.63, 3.8) is 0 Å². The number of ether oxygens (including phenoxy) is 1. The van der Waals surface area contributed by atoms with Gasteiger partial charge in [0, 0.05) is 19.4 Å². The Balaban J connectivity index is 2.00. The largest absolute Gasteiger partial charge is 0.446 e. The zero-order valence-corrected chi connectivity index (χ0v) is 13.3. The van der Waals surface area contributed by atoms with Crippen LogP contribution in [0.15, 0.2) is 24.3 Å². The summed E-state index contributed by atoms with van der Waals surface area (Å²) in [6, 6.07) is 8.21. The van der Waals surface area contributed by atoms with Crippen molar-refractivity contribution in [1.82, 2.24) is 4.90 Å². The number of aliphatic hydroxyl groups is 1. The number of hydrogen-bond donors (Lipinski definition) is 1. The molecular weight excluding hydrogens is 266 g/mol. The zero-order valence-electron chi connectivity index (χ0n) is 13.3. The lowest BCUT2D eigenvalue weighted by atomic mass is 9.97. The molecule has 116 valence electrons. The summed E-state index contributed by atoms with van der Waals surface area (Å²) in [6.07, 6.45) is 0.750. The second kappa shape index (κ2) is 6.06. The van der Waals surface area contributed by atoms with E-state index in [-0.39, 0.29) is 18.2 Å². The third kappa shape index (κ3) is 4.21. The Kier molecular flexibility index (Phi) is 4.57. The smallest absolute Gasteiger partial charge is 0.410 e. The van der Waals surface area contributed by atoms with E-state index in [1.54, 1.807) is 18.7 Å². The molecule has 1 aliphatic rings. The second-order valence-corrected chi connectivity index (χ2v) is 6.59. The van der Waals surface area contributed by atoms with Crippen molar-refractivity contribution in [1.29, 1.82) is 0 Å². The number of amides is 1. The van der Waals surface area contributed by atoms with E-state index in [0.29, 0.717) is 13.0 Å². The van der Waals surface area contributed by atoms with E-state index in [4.69, 9.17) is 4.74 Å². The fourth-order valence-corrected chi connectivity index (χ4v) is 2.72. The summed E-state index contributed by atoms with van der Waals surface area (Å²) in [5.41, 5.74) is 1.51. The summed E-state index contributed by atoms with van der Waals surface area (Å²) in [4.78, 5) is 13.9. The van der Waals surface area contributed by atoms with Crippen LogP contribution in [-0.2, 0) is 4.74 Å². The Labute approximate surface area is 126 Å². The van der Waals surface area contributed by atoms with Crippen molar-refractivity contribution >= 4 is 6.09 Å². The number of aryl methyl sites for hydroxylation is 1. The van der Waals surface area contributed by atoms with Crippen LogP contribution in [0.25, 0.3) is 0 Å². The molecule has 0 radical (unpaired) electrons. The second-order valence-electron chi connectivity index (χ2n) is 6.59. The molecule has 0 aliphatic carbocycles. The van der Waals surface area contributed by atoms with E-state index in [1.165, 1.54) is 5.56 Å². The first-order chi connectivity index (χ1) is 9.76. The highest BCUT2D eigenvalue weighted by Crippen LogP contribution is 2.27. The molecule has 1 fully saturated rings. The van der Waals surface area contributed by atoms with Crippen LogP contribution in [0, 0.1) is 6.92 Å². The van der Waals surface area contributed by atoms with Crippen molar-refractivity contribution in [2.75, 3.05) is 6.54 Å². The minimum absolute atomic E-state index is 0.00110. The van der Waals surface area contributed by atoms with Crippen LogP contribution in [0.4, 0.5) is 4.79 Å². The van der Waals surface area contributed by atoms with Gasteiger partial charge in [0.05, 0.1) is 11.6 Å². The molecule has 2 unspecified atom stereocenters. The minimum Gasteiger partial charge on any atom is -0.446 e. The van der Waals surface area contributed by atoms with Gasteiger partial charge in [-0.1, -0.05) is 29.8 Å². The number of carbonyl (C=O) groups is 1. The maximum Gasteiger partial charge on any atom is 0.410 e. The first-order valence-electron chi connectivity index (χ1n) is 7.52. The first kappa shape index (κ1) is 15.8. The molecule has 0 spiro atoms. The van der Waals surface area contributed by atoms with Gasteiger partial charge in [-0.25, -0.2) is 4.79 Å². The number of rotatable bonds is 4. The van der Waals surface area contributed by atoms with Crippen molar-refractivity contribution in [2.45, 2.75) is 58.3 Å². The van der Waals surface area contributed by atoms with Crippen molar-refractivity contribution < 1.29 is 14.6 Å². The van der Waals surface area contributed by atoms with Gasteiger partial charge >= 0.3 is 6.09 Å². The van der Waals surface area contributed by atoms with Crippen LogP contribution in [0.2, 0.25) is 0 Å². The van der Waals surface area contributed by atoms with E-state index < -0.39 is 5.60 Å². The molecule has 21 heavy (non-hydrogen) atoms. The van der Waals surface area contributed by atoms with Crippen LogP contribution in [0.3, 0.4) is 0 Å². The molecule has 4 nitrogen and oxygen atoms in total. The van der Waals surface area contributed by atoms with Gasteiger partial charge in [0.1, 0.15) is 6.10 Å². The van der Waals surface area contributed by atoms with Gasteiger partial charge in [-0.05, 0) is 33.3 Å². The SMILES string of the molecule is Cc1ccc(C(C)N2CCC(CC(C)(C)O)OC2=O)cc1. The molecule has 0 saturated carbocycles. The normalized spacial score (nSPS) is 21.1. The summed E-state index contributed by atoms with van der Waals surface area (Å²) in [5, 5.41) is 9.83. The van der Waals surface area contributed by atoms with E-state index in [0.717, 1.165) is 12.0 Å². The Morgan fingerprint density at radius 1 is 1.38 bits per heavy atom. The summed E-state index contributed by atoms with van der Waals surface area (Å²) < 4.78 is 5.47. The predicted octanol–water partition coefficient (Wildman–Crippen LogP) is 3.43. The monoisotopic (exact) mass is 291 g/mol. The standard InChI is InChI=1S/C17H25NO3/c1-12-5-7-14(8-6-12)13(2)18-10-9-15(21-16(18)19)11-17(3,4)20/h5-8,13,15,20H,9-11H2,1-4H3. The lowest BCUT2D eigenvalue weighted by Gasteiger charge is -2.37. The van der Waals surface area contributed by atoms with E-state index in [2.05, 4.69) is 24.3 Å². The Morgan fingerprint density at radius 2 is 2.00 bits per heavy atom. The molecule has 1 aliphatic heterocycles. The van der Waals surface area contributed by atoms with E-state index in [1.807, 2.05) is 13.8 Å². The highest BCUT2D eigenvalue weighted by Gasteiger charge is 2.33. The topological polar surface area (TPSA) is 49.8 Å². The van der Waals surface area contributed by atoms with E-state index >= 15 is 0 Å². The van der Waals surface area contributed by atoms with Gasteiger partial charge in [-0.15, -0.1) is 0 Å². The third-order valence-electron chi connectivity index (χ3n) is 3.95. The summed E-state index contributed by atoms with van der Waals surface area (Å²) in [7, 11) is 0. The molecule has 0 aromatic heterocycles. The molecule has 1 N–H and O–H groups in total. The fraction of sp³-hybridized carbons (Fsp3) is 0.588. The molecule has 1 aromatic rings. The molecule has 2 atom stereocenters. The average Bonchev–Trinajstić information content (AvgIpc) is 2.37. The average molecular weight is 291 g/mol. The molecule has 4 heteroatoms. The highest BCUT2D eigenvalue weighted by atomic mass is 16.6. The van der Waals surface area contributed by atoms with E-state index in [9.17, 15) is 9.90 Å². The van der Waals surface area contributed by atoms with Gasteiger partial charge < -0.3 is 14.7 Å². The first-order valence-corrected chi connectivity index (χ1v) is 7.52. The van der Waals surface area contributed by atoms with Crippen molar-refractivity contribution in [3.8, 4) is 0 Å². The zero-order chi connectivity index (χ0) is 15.6. The lowest BCUT2D eigenvalue weighted by molar-refractivity contribution is -0.0309. The van der Waals surface area contributed by atoms with Gasteiger partial charge in [0.2, 0.25) is 0 Å². The Hall–Kier alpha value is -1.55. The quantitative estimate of drug-likeness (QED) is 0.924. The molecule has 1 saturated heterocycles. The number of cyclic esters (lactones) is 1. The summed E-state index contributed by atoms with van der Waals surface area (Å²) in [6.45, 7) is 8.20. The van der Waals surface area contributed by atoms with Crippen molar-refractivity contribution in [2.24, 2.45) is 0 Å². The third-order valence-corrected chi connectivity index (χ3v) is 3.95. The molecule has 1 heterocycles. The van der Waals surface area contributed by atoms with Crippen LogP contribution < -0.4 is 0 Å². The summed E-state index contributed by atoms with van der Waals surface area (Å²) >= 11 is 0. The maximum atomic E-state index is 12.2. The highest BCUT2D eigenvalue weighted by molar-refractivity contribution is 5.69. The van der Waals surface area contributed by atoms with Crippen LogP contribution >= 0.6 is 0 Å². The lowest BCUT2D eigenvalue weighted by Crippen LogP contribution is -2.45. The summed E-state index contributed by atoms with van der Waals surface area (Å²) in [5.74, 6) is 0. The Bertz CT molecular complexity index is 490. The molecule has 1 aromatic carbocycles. The molecule has 0 bridgehead atoms. The van der Waals surface area contributed by atoms with Gasteiger partial charge in [-0.2, -0.15) is 0 Å². The Morgan fingerprint density at radius 3 is 2.52 bits per heavy atom. The van der Waals surface area contributed by atoms with Crippen LogP contribution in [0.5, 0.6) is 0 Å². The van der Waals surface area contributed by atoms with Gasteiger partial charge in [0.15, 0.2) is 0 Å². The number of carbonyl (C=O) groups excluding carboxylic acids is 1. The fourth-order valence-electron chi connectivity index (χ4n) is 2.72. The number of benzene rings is 1. The predicted molar refractivity (Wildman–Crippen MR) is 82.1 cm³/mol.